The maximum atomic E-state index is 5.53. The number of aryl methyl sites for hydroxylation is 3. The van der Waals surface area contributed by atoms with Crippen LogP contribution in [-0.4, -0.2) is 15.4 Å². The van der Waals surface area contributed by atoms with Gasteiger partial charge in [0.15, 0.2) is 5.84 Å². The second-order valence-electron chi connectivity index (χ2n) is 7.37. The fourth-order valence-corrected chi connectivity index (χ4v) is 4.03. The molecule has 6 heteroatoms. The number of amidine groups is 1. The van der Waals surface area contributed by atoms with Crippen molar-refractivity contribution in [3.63, 3.8) is 0 Å². The lowest BCUT2D eigenvalue weighted by Crippen LogP contribution is -2.31. The smallest absolute Gasteiger partial charge is 0.166 e. The highest BCUT2D eigenvalue weighted by molar-refractivity contribution is 6.01. The molecule has 0 fully saturated rings. The zero-order valence-electron chi connectivity index (χ0n) is 17.5. The molecule has 5 N–H and O–H groups in total. The van der Waals surface area contributed by atoms with Gasteiger partial charge in [0.25, 0.3) is 0 Å². The highest BCUT2D eigenvalue weighted by Crippen LogP contribution is 2.35. The van der Waals surface area contributed by atoms with Crippen molar-refractivity contribution in [2.75, 3.05) is 0 Å². The fourth-order valence-electron chi connectivity index (χ4n) is 4.03. The number of nitrogens with two attached hydrogens (primary N) is 2. The summed E-state index contributed by atoms with van der Waals surface area (Å²) >= 11 is 0. The predicted octanol–water partition coefficient (Wildman–Crippen LogP) is 4.09. The number of hydrogen-bond donors (Lipinski definition) is 3. The summed E-state index contributed by atoms with van der Waals surface area (Å²) in [6, 6.07) is 20.9. The van der Waals surface area contributed by atoms with E-state index in [0.29, 0.717) is 5.84 Å². The Hall–Kier alpha value is -3.64. The molecular formula is C24H26N6. The molecule has 0 amide bonds. The highest BCUT2D eigenvalue weighted by Gasteiger charge is 2.17. The first-order valence-corrected chi connectivity index (χ1v) is 9.99. The van der Waals surface area contributed by atoms with Crippen LogP contribution in [0.1, 0.15) is 23.6 Å². The van der Waals surface area contributed by atoms with E-state index in [1.165, 1.54) is 22.3 Å². The first-order chi connectivity index (χ1) is 14.6. The first kappa shape index (κ1) is 19.7. The third-order valence-corrected chi connectivity index (χ3v) is 5.44. The monoisotopic (exact) mass is 398 g/mol. The van der Waals surface area contributed by atoms with Gasteiger partial charge in [-0.2, -0.15) is 5.10 Å². The van der Waals surface area contributed by atoms with Crippen molar-refractivity contribution in [1.82, 2.24) is 15.0 Å². The SMILES string of the molecule is CCn1c(-c2ccccc2-c2ccc(C)cc2C)nc2cc(/C(=N/N)NN)ccc21. The molecule has 0 saturated carbocycles. The van der Waals surface area contributed by atoms with Crippen LogP contribution >= 0.6 is 0 Å². The van der Waals surface area contributed by atoms with Gasteiger partial charge in [0.1, 0.15) is 5.82 Å². The van der Waals surface area contributed by atoms with E-state index in [-0.39, 0.29) is 0 Å². The lowest BCUT2D eigenvalue weighted by atomic mass is 9.94. The second kappa shape index (κ2) is 8.00. The third-order valence-electron chi connectivity index (χ3n) is 5.44. The molecule has 0 saturated heterocycles. The summed E-state index contributed by atoms with van der Waals surface area (Å²) in [7, 11) is 0. The Bertz CT molecular complexity index is 1250. The maximum absolute atomic E-state index is 5.53. The molecule has 6 nitrogen and oxygen atoms in total. The molecule has 3 aromatic carbocycles. The van der Waals surface area contributed by atoms with Crippen molar-refractivity contribution in [2.24, 2.45) is 16.8 Å². The van der Waals surface area contributed by atoms with E-state index < -0.39 is 0 Å². The number of aromatic nitrogens is 2. The summed E-state index contributed by atoms with van der Waals surface area (Å²) in [4.78, 5) is 5.00. The minimum atomic E-state index is 0.417. The minimum Gasteiger partial charge on any atom is -0.324 e. The molecule has 0 aliphatic heterocycles. The van der Waals surface area contributed by atoms with Gasteiger partial charge in [-0.05, 0) is 55.7 Å². The summed E-state index contributed by atoms with van der Waals surface area (Å²) in [5, 5.41) is 3.71. The molecule has 0 unspecified atom stereocenters. The average Bonchev–Trinajstić information content (AvgIpc) is 3.12. The number of rotatable bonds is 4. The zero-order chi connectivity index (χ0) is 21.3. The second-order valence-corrected chi connectivity index (χ2v) is 7.37. The van der Waals surface area contributed by atoms with Crippen LogP contribution in [0.4, 0.5) is 0 Å². The Kier molecular flexibility index (Phi) is 5.25. The van der Waals surface area contributed by atoms with E-state index in [1.807, 2.05) is 18.2 Å². The Balaban J connectivity index is 1.94. The maximum Gasteiger partial charge on any atom is 0.166 e. The number of hydrogen-bond acceptors (Lipinski definition) is 4. The summed E-state index contributed by atoms with van der Waals surface area (Å²) in [5.74, 6) is 12.3. The van der Waals surface area contributed by atoms with Crippen molar-refractivity contribution in [1.29, 1.82) is 0 Å². The van der Waals surface area contributed by atoms with E-state index in [9.17, 15) is 0 Å². The Labute approximate surface area is 176 Å². The molecule has 0 aliphatic carbocycles. The molecule has 0 radical (unpaired) electrons. The van der Waals surface area contributed by atoms with Crippen LogP contribution in [0.5, 0.6) is 0 Å². The quantitative estimate of drug-likeness (QED) is 0.209. The van der Waals surface area contributed by atoms with Gasteiger partial charge < -0.3 is 15.8 Å². The molecule has 4 rings (SSSR count). The van der Waals surface area contributed by atoms with Crippen LogP contribution in [0.3, 0.4) is 0 Å². The van der Waals surface area contributed by atoms with Crippen LogP contribution in [0, 0.1) is 13.8 Å². The van der Waals surface area contributed by atoms with Gasteiger partial charge in [-0.15, -0.1) is 0 Å². The molecule has 1 heterocycles. The number of hydrazine groups is 1. The van der Waals surface area contributed by atoms with Crippen molar-refractivity contribution in [3.8, 4) is 22.5 Å². The Morgan fingerprint density at radius 1 is 1.00 bits per heavy atom. The van der Waals surface area contributed by atoms with Crippen LogP contribution in [0.15, 0.2) is 65.8 Å². The van der Waals surface area contributed by atoms with Gasteiger partial charge in [-0.25, -0.2) is 10.8 Å². The van der Waals surface area contributed by atoms with Gasteiger partial charge >= 0.3 is 0 Å². The molecule has 0 atom stereocenters. The number of hydrazone groups is 1. The number of benzene rings is 3. The van der Waals surface area contributed by atoms with Gasteiger partial charge in [-0.3, -0.25) is 0 Å². The zero-order valence-corrected chi connectivity index (χ0v) is 17.5. The molecule has 0 aliphatic rings. The first-order valence-electron chi connectivity index (χ1n) is 9.99. The summed E-state index contributed by atoms with van der Waals surface area (Å²) in [6.45, 7) is 7.21. The topological polar surface area (TPSA) is 94.2 Å². The Morgan fingerprint density at radius 3 is 2.43 bits per heavy atom. The lowest BCUT2D eigenvalue weighted by Gasteiger charge is -2.14. The van der Waals surface area contributed by atoms with E-state index >= 15 is 0 Å². The average molecular weight is 399 g/mol. The van der Waals surface area contributed by atoms with Crippen molar-refractivity contribution < 1.29 is 0 Å². The van der Waals surface area contributed by atoms with E-state index in [1.54, 1.807) is 0 Å². The molecule has 1 aromatic heterocycles. The largest absolute Gasteiger partial charge is 0.324 e. The molecule has 0 spiro atoms. The number of fused-ring (bicyclic) bond motifs is 1. The molecule has 4 aromatic rings. The van der Waals surface area contributed by atoms with Crippen molar-refractivity contribution in [3.05, 3.63) is 77.4 Å². The van der Waals surface area contributed by atoms with Gasteiger partial charge in [0.2, 0.25) is 0 Å². The standard InChI is InChI=1S/C24H26N6/c1-4-30-22-12-10-17(23(28-25)29-26)14-21(22)27-24(30)20-8-6-5-7-19(20)18-11-9-15(2)13-16(18)3/h5-14H,4,25-26H2,1-3H3,(H,28,29). The van der Waals surface area contributed by atoms with Crippen LogP contribution in [-0.2, 0) is 6.54 Å². The Morgan fingerprint density at radius 2 is 1.77 bits per heavy atom. The molecule has 0 bridgehead atoms. The summed E-state index contributed by atoms with van der Waals surface area (Å²) in [6.07, 6.45) is 0. The summed E-state index contributed by atoms with van der Waals surface area (Å²) in [5.41, 5.74) is 11.3. The normalized spacial score (nSPS) is 11.8. The molecular weight excluding hydrogens is 372 g/mol. The van der Waals surface area contributed by atoms with Crippen LogP contribution in [0.2, 0.25) is 0 Å². The molecule has 30 heavy (non-hydrogen) atoms. The summed E-state index contributed by atoms with van der Waals surface area (Å²) < 4.78 is 2.23. The molecule has 152 valence electrons. The number of nitrogens with zero attached hydrogens (tertiary/aromatic N) is 3. The third kappa shape index (κ3) is 3.31. The number of nitrogens with one attached hydrogen (secondary N) is 1. The van der Waals surface area contributed by atoms with Gasteiger partial charge in [-0.1, -0.05) is 48.0 Å². The highest BCUT2D eigenvalue weighted by atomic mass is 15.3. The van der Waals surface area contributed by atoms with Crippen LogP contribution < -0.4 is 17.1 Å². The van der Waals surface area contributed by atoms with E-state index in [2.05, 4.69) is 78.3 Å². The van der Waals surface area contributed by atoms with Crippen LogP contribution in [0.25, 0.3) is 33.5 Å². The van der Waals surface area contributed by atoms with E-state index in [4.69, 9.17) is 16.7 Å². The lowest BCUT2D eigenvalue weighted by molar-refractivity contribution is 0.796. The van der Waals surface area contributed by atoms with Gasteiger partial charge in [0, 0.05) is 17.7 Å². The number of imidazole rings is 1. The van der Waals surface area contributed by atoms with Crippen molar-refractivity contribution >= 4 is 16.9 Å². The van der Waals surface area contributed by atoms with Gasteiger partial charge in [0.05, 0.1) is 11.0 Å². The fraction of sp³-hybridized carbons (Fsp3) is 0.167. The minimum absolute atomic E-state index is 0.417. The predicted molar refractivity (Wildman–Crippen MR) is 124 cm³/mol. The van der Waals surface area contributed by atoms with E-state index in [0.717, 1.165) is 34.5 Å². The van der Waals surface area contributed by atoms with Crippen molar-refractivity contribution in [2.45, 2.75) is 27.3 Å².